The van der Waals surface area contributed by atoms with Crippen LogP contribution in [-0.4, -0.2) is 35.2 Å². The summed E-state index contributed by atoms with van der Waals surface area (Å²) in [6, 6.07) is 8.59. The van der Waals surface area contributed by atoms with E-state index in [2.05, 4.69) is 5.32 Å². The molecule has 2 atom stereocenters. The van der Waals surface area contributed by atoms with Gasteiger partial charge in [-0.3, -0.25) is 0 Å². The van der Waals surface area contributed by atoms with Gasteiger partial charge in [0.15, 0.2) is 6.29 Å². The number of nitrogens with one attached hydrogen (secondary N) is 1. The van der Waals surface area contributed by atoms with Crippen LogP contribution in [0, 0.1) is 0 Å². The zero-order valence-corrected chi connectivity index (χ0v) is 12.0. The Bertz CT molecular complexity index is 439. The van der Waals surface area contributed by atoms with E-state index in [-0.39, 0.29) is 0 Å². The Morgan fingerprint density at radius 1 is 1.35 bits per heavy atom. The Balaban J connectivity index is 2.70. The van der Waals surface area contributed by atoms with E-state index in [1.165, 1.54) is 0 Å². The first-order valence-corrected chi connectivity index (χ1v) is 6.48. The number of carbonyl (C=O) groups excluding carboxylic acids is 2. The quantitative estimate of drug-likeness (QED) is 0.804. The largest absolute Gasteiger partial charge is 0.444 e. The van der Waals surface area contributed by atoms with E-state index in [0.29, 0.717) is 12.7 Å². The minimum Gasteiger partial charge on any atom is -0.444 e. The second-order valence-electron chi connectivity index (χ2n) is 5.57. The van der Waals surface area contributed by atoms with Crippen LogP contribution in [0.2, 0.25) is 0 Å². The lowest BCUT2D eigenvalue weighted by Gasteiger charge is -2.24. The van der Waals surface area contributed by atoms with E-state index in [1.807, 2.05) is 30.3 Å². The smallest absolute Gasteiger partial charge is 0.407 e. The van der Waals surface area contributed by atoms with Crippen molar-refractivity contribution in [2.45, 2.75) is 44.9 Å². The van der Waals surface area contributed by atoms with Crippen LogP contribution in [0.1, 0.15) is 26.3 Å². The van der Waals surface area contributed by atoms with E-state index in [0.717, 1.165) is 5.56 Å². The lowest BCUT2D eigenvalue weighted by Crippen LogP contribution is -2.47. The fraction of sp³-hybridized carbons (Fsp3) is 0.467. The van der Waals surface area contributed by atoms with Gasteiger partial charge < -0.3 is 20.0 Å². The zero-order valence-electron chi connectivity index (χ0n) is 12.0. The highest BCUT2D eigenvalue weighted by Crippen LogP contribution is 2.09. The number of ether oxygens (including phenoxy) is 1. The highest BCUT2D eigenvalue weighted by atomic mass is 16.6. The van der Waals surface area contributed by atoms with Crippen LogP contribution < -0.4 is 5.32 Å². The third-order valence-electron chi connectivity index (χ3n) is 2.55. The van der Waals surface area contributed by atoms with Crippen molar-refractivity contribution in [1.29, 1.82) is 0 Å². The molecule has 2 unspecified atom stereocenters. The predicted molar refractivity (Wildman–Crippen MR) is 75.4 cm³/mol. The number of aliphatic hydroxyl groups is 1. The van der Waals surface area contributed by atoms with Crippen LogP contribution in [0.3, 0.4) is 0 Å². The van der Waals surface area contributed by atoms with Gasteiger partial charge in [-0.2, -0.15) is 0 Å². The Morgan fingerprint density at radius 2 is 1.95 bits per heavy atom. The number of carbonyl (C=O) groups is 2. The van der Waals surface area contributed by atoms with Gasteiger partial charge in [-0.1, -0.05) is 30.3 Å². The number of alkyl carbamates (subject to hydrolysis) is 1. The molecule has 5 heteroatoms. The third kappa shape index (κ3) is 5.84. The number of aldehydes is 1. The summed E-state index contributed by atoms with van der Waals surface area (Å²) < 4.78 is 5.12. The van der Waals surface area contributed by atoms with Crippen LogP contribution in [0.25, 0.3) is 0 Å². The molecule has 20 heavy (non-hydrogen) atoms. The van der Waals surface area contributed by atoms with Crippen LogP contribution >= 0.6 is 0 Å². The summed E-state index contributed by atoms with van der Waals surface area (Å²) in [5.74, 6) is 0. The molecule has 1 amide bonds. The summed E-state index contributed by atoms with van der Waals surface area (Å²) in [7, 11) is 0. The molecular weight excluding hydrogens is 258 g/mol. The molecule has 0 bridgehead atoms. The molecule has 0 aromatic heterocycles. The van der Waals surface area contributed by atoms with Crippen molar-refractivity contribution in [3.63, 3.8) is 0 Å². The molecule has 0 spiro atoms. The third-order valence-corrected chi connectivity index (χ3v) is 2.55. The number of rotatable bonds is 5. The average Bonchev–Trinajstić information content (AvgIpc) is 2.36. The molecule has 1 aromatic rings. The van der Waals surface area contributed by atoms with Crippen LogP contribution in [0.5, 0.6) is 0 Å². The van der Waals surface area contributed by atoms with E-state index >= 15 is 0 Å². The standard InChI is InChI=1S/C15H21NO4/c1-15(2,3)20-14(19)16-12(13(18)10-17)9-11-7-5-4-6-8-11/h4-8,10,12-13,18H,9H2,1-3H3,(H,16,19). The monoisotopic (exact) mass is 279 g/mol. The maximum absolute atomic E-state index is 11.7. The molecule has 2 N–H and O–H groups in total. The highest BCUT2D eigenvalue weighted by Gasteiger charge is 2.24. The van der Waals surface area contributed by atoms with Gasteiger partial charge in [0.2, 0.25) is 0 Å². The number of amides is 1. The summed E-state index contributed by atoms with van der Waals surface area (Å²) in [5, 5.41) is 12.2. The molecule has 0 saturated heterocycles. The first-order valence-electron chi connectivity index (χ1n) is 6.48. The average molecular weight is 279 g/mol. The van der Waals surface area contributed by atoms with Crippen LogP contribution in [0.4, 0.5) is 4.79 Å². The molecule has 0 radical (unpaired) electrons. The number of hydrogen-bond acceptors (Lipinski definition) is 4. The van der Waals surface area contributed by atoms with Crippen molar-refractivity contribution < 1.29 is 19.4 Å². The fourth-order valence-corrected chi connectivity index (χ4v) is 1.68. The topological polar surface area (TPSA) is 75.6 Å². The fourth-order valence-electron chi connectivity index (χ4n) is 1.68. The van der Waals surface area contributed by atoms with Crippen molar-refractivity contribution in [2.75, 3.05) is 0 Å². The van der Waals surface area contributed by atoms with Gasteiger partial charge >= 0.3 is 6.09 Å². The Hall–Kier alpha value is -1.88. The van der Waals surface area contributed by atoms with Crippen molar-refractivity contribution >= 4 is 12.4 Å². The number of benzene rings is 1. The number of hydrogen-bond donors (Lipinski definition) is 2. The molecule has 0 aliphatic heterocycles. The second-order valence-corrected chi connectivity index (χ2v) is 5.57. The van der Waals surface area contributed by atoms with Gasteiger partial charge in [0.1, 0.15) is 11.7 Å². The summed E-state index contributed by atoms with van der Waals surface area (Å²) in [6.45, 7) is 5.23. The molecule has 0 aliphatic rings. The molecule has 0 saturated carbocycles. The maximum Gasteiger partial charge on any atom is 0.407 e. The van der Waals surface area contributed by atoms with Gasteiger partial charge in [0.05, 0.1) is 6.04 Å². The van der Waals surface area contributed by atoms with Gasteiger partial charge in [-0.15, -0.1) is 0 Å². The molecule has 1 rings (SSSR count). The molecule has 1 aromatic carbocycles. The Morgan fingerprint density at radius 3 is 2.45 bits per heavy atom. The normalized spacial score (nSPS) is 14.2. The lowest BCUT2D eigenvalue weighted by atomic mass is 10.0. The Kier molecular flexibility index (Phi) is 5.70. The minimum atomic E-state index is -1.28. The summed E-state index contributed by atoms with van der Waals surface area (Å²) >= 11 is 0. The number of aliphatic hydroxyl groups excluding tert-OH is 1. The predicted octanol–water partition coefficient (Wildman–Crippen LogP) is 1.68. The molecule has 5 nitrogen and oxygen atoms in total. The first-order chi connectivity index (χ1) is 9.31. The van der Waals surface area contributed by atoms with Gasteiger partial charge in [-0.05, 0) is 32.8 Å². The van der Waals surface area contributed by atoms with E-state index in [1.54, 1.807) is 20.8 Å². The summed E-state index contributed by atoms with van der Waals surface area (Å²) in [4.78, 5) is 22.5. The van der Waals surface area contributed by atoms with E-state index < -0.39 is 23.8 Å². The van der Waals surface area contributed by atoms with Crippen LogP contribution in [0.15, 0.2) is 30.3 Å². The Labute approximate surface area is 118 Å². The zero-order chi connectivity index (χ0) is 15.2. The summed E-state index contributed by atoms with van der Waals surface area (Å²) in [5.41, 5.74) is 0.280. The molecular formula is C15H21NO4. The molecule has 110 valence electrons. The van der Waals surface area contributed by atoms with Crippen LogP contribution in [-0.2, 0) is 16.0 Å². The van der Waals surface area contributed by atoms with Crippen molar-refractivity contribution in [3.05, 3.63) is 35.9 Å². The second kappa shape index (κ2) is 7.05. The molecule has 0 aliphatic carbocycles. The molecule has 0 fully saturated rings. The van der Waals surface area contributed by atoms with E-state index in [9.17, 15) is 14.7 Å². The summed E-state index contributed by atoms with van der Waals surface area (Å²) in [6.07, 6.45) is -1.17. The van der Waals surface area contributed by atoms with Crippen molar-refractivity contribution in [3.8, 4) is 0 Å². The van der Waals surface area contributed by atoms with Gasteiger partial charge in [0, 0.05) is 0 Å². The molecule has 0 heterocycles. The first kappa shape index (κ1) is 16.2. The minimum absolute atomic E-state index is 0.347. The highest BCUT2D eigenvalue weighted by molar-refractivity contribution is 5.69. The maximum atomic E-state index is 11.7. The SMILES string of the molecule is CC(C)(C)OC(=O)NC(Cc1ccccc1)C(O)C=O. The lowest BCUT2D eigenvalue weighted by molar-refractivity contribution is -0.116. The van der Waals surface area contributed by atoms with Gasteiger partial charge in [0.25, 0.3) is 0 Å². The van der Waals surface area contributed by atoms with E-state index in [4.69, 9.17) is 4.74 Å². The van der Waals surface area contributed by atoms with Crippen molar-refractivity contribution in [1.82, 2.24) is 5.32 Å². The van der Waals surface area contributed by atoms with Gasteiger partial charge in [-0.25, -0.2) is 4.79 Å². The van der Waals surface area contributed by atoms with Crippen molar-refractivity contribution in [2.24, 2.45) is 0 Å².